The normalized spacial score (nSPS) is 25.6. The number of hydrogen-bond donors (Lipinski definition) is 3. The van der Waals surface area contributed by atoms with E-state index in [-0.39, 0.29) is 0 Å². The molecule has 2 unspecified atom stereocenters. The van der Waals surface area contributed by atoms with Crippen LogP contribution in [0.3, 0.4) is 0 Å². The van der Waals surface area contributed by atoms with E-state index in [0.717, 1.165) is 22.6 Å². The van der Waals surface area contributed by atoms with Gasteiger partial charge in [0, 0.05) is 18.0 Å². The molecule has 2 atom stereocenters. The van der Waals surface area contributed by atoms with Crippen LogP contribution in [0.25, 0.3) is 12.2 Å². The predicted molar refractivity (Wildman–Crippen MR) is 71.2 cm³/mol. The summed E-state index contributed by atoms with van der Waals surface area (Å²) in [5.74, 6) is -0.624. The van der Waals surface area contributed by atoms with Crippen molar-refractivity contribution in [1.82, 2.24) is 4.98 Å². The SMILES string of the molecule is CC1/C=C\C/C=c2/[nH]cc(CC(N)C(=O)O)/c2=C/1. The molecule has 0 radical (unpaired) electrons. The highest BCUT2D eigenvalue weighted by Gasteiger charge is 2.14. The number of nitrogens with one attached hydrogen (secondary N) is 1. The third-order valence-electron chi connectivity index (χ3n) is 3.12. The molecule has 4 nitrogen and oxygen atoms in total. The third kappa shape index (κ3) is 2.71. The van der Waals surface area contributed by atoms with E-state index in [1.54, 1.807) is 0 Å². The summed E-state index contributed by atoms with van der Waals surface area (Å²) in [5, 5.41) is 11.0. The van der Waals surface area contributed by atoms with Gasteiger partial charge in [-0.2, -0.15) is 0 Å². The van der Waals surface area contributed by atoms with Gasteiger partial charge in [-0.3, -0.25) is 4.79 Å². The Balaban J connectivity index is 2.42. The van der Waals surface area contributed by atoms with Gasteiger partial charge < -0.3 is 15.8 Å². The first kappa shape index (κ1) is 12.6. The molecular formula is C14H18N2O2. The Hall–Kier alpha value is -1.81. The molecule has 1 aliphatic rings. The molecule has 0 bridgehead atoms. The Labute approximate surface area is 106 Å². The van der Waals surface area contributed by atoms with Gasteiger partial charge in [0.15, 0.2) is 0 Å². The number of aromatic amines is 1. The smallest absolute Gasteiger partial charge is 0.320 e. The van der Waals surface area contributed by atoms with Crippen LogP contribution in [0.4, 0.5) is 0 Å². The molecule has 1 aliphatic carbocycles. The fourth-order valence-corrected chi connectivity index (χ4v) is 2.15. The highest BCUT2D eigenvalue weighted by atomic mass is 16.4. The lowest BCUT2D eigenvalue weighted by atomic mass is 10.0. The van der Waals surface area contributed by atoms with Gasteiger partial charge in [0.1, 0.15) is 6.04 Å². The van der Waals surface area contributed by atoms with E-state index in [4.69, 9.17) is 10.8 Å². The van der Waals surface area contributed by atoms with Crippen LogP contribution in [0.1, 0.15) is 18.9 Å². The molecule has 1 aromatic heterocycles. The molecule has 0 aliphatic heterocycles. The van der Waals surface area contributed by atoms with Gasteiger partial charge in [-0.15, -0.1) is 0 Å². The maximum absolute atomic E-state index is 10.8. The van der Waals surface area contributed by atoms with Crippen molar-refractivity contribution in [2.24, 2.45) is 11.7 Å². The summed E-state index contributed by atoms with van der Waals surface area (Å²) in [4.78, 5) is 14.0. The molecule has 4 heteroatoms. The van der Waals surface area contributed by atoms with E-state index in [1.165, 1.54) is 0 Å². The number of aromatic nitrogens is 1. The molecular weight excluding hydrogens is 228 g/mol. The molecule has 1 heterocycles. The first-order valence-electron chi connectivity index (χ1n) is 6.11. The highest BCUT2D eigenvalue weighted by molar-refractivity contribution is 5.73. The number of fused-ring (bicyclic) bond motifs is 1. The third-order valence-corrected chi connectivity index (χ3v) is 3.12. The van der Waals surface area contributed by atoms with E-state index < -0.39 is 12.0 Å². The number of carboxylic acids is 1. The highest BCUT2D eigenvalue weighted by Crippen LogP contribution is 2.03. The molecule has 2 rings (SSSR count). The van der Waals surface area contributed by atoms with E-state index in [1.807, 2.05) is 6.20 Å². The number of nitrogens with two attached hydrogens (primary N) is 1. The second-order valence-corrected chi connectivity index (χ2v) is 4.68. The Morgan fingerprint density at radius 2 is 2.44 bits per heavy atom. The van der Waals surface area contributed by atoms with Gasteiger partial charge in [-0.1, -0.05) is 31.2 Å². The molecule has 96 valence electrons. The number of rotatable bonds is 3. The maximum Gasteiger partial charge on any atom is 0.320 e. The lowest BCUT2D eigenvalue weighted by Crippen LogP contribution is -2.35. The van der Waals surface area contributed by atoms with Gasteiger partial charge in [0.25, 0.3) is 0 Å². The van der Waals surface area contributed by atoms with Crippen molar-refractivity contribution in [1.29, 1.82) is 0 Å². The average Bonchev–Trinajstić information content (AvgIpc) is 2.64. The van der Waals surface area contributed by atoms with Crippen LogP contribution in [-0.2, 0) is 11.2 Å². The number of allylic oxidation sites excluding steroid dienone is 2. The second kappa shape index (κ2) is 5.23. The van der Waals surface area contributed by atoms with Crippen molar-refractivity contribution in [3.63, 3.8) is 0 Å². The van der Waals surface area contributed by atoms with Crippen molar-refractivity contribution >= 4 is 18.1 Å². The monoisotopic (exact) mass is 246 g/mol. The largest absolute Gasteiger partial charge is 0.480 e. The van der Waals surface area contributed by atoms with E-state index in [9.17, 15) is 4.79 Å². The summed E-state index contributed by atoms with van der Waals surface area (Å²) in [6, 6.07) is -0.852. The van der Waals surface area contributed by atoms with Crippen LogP contribution in [0.5, 0.6) is 0 Å². The Morgan fingerprint density at radius 1 is 1.67 bits per heavy atom. The number of hydrogen-bond acceptors (Lipinski definition) is 2. The van der Waals surface area contributed by atoms with E-state index in [0.29, 0.717) is 12.3 Å². The quantitative estimate of drug-likeness (QED) is 0.663. The molecule has 0 saturated carbocycles. The molecule has 0 saturated heterocycles. The summed E-state index contributed by atoms with van der Waals surface area (Å²) in [6.45, 7) is 2.11. The minimum Gasteiger partial charge on any atom is -0.480 e. The van der Waals surface area contributed by atoms with E-state index >= 15 is 0 Å². The van der Waals surface area contributed by atoms with Crippen molar-refractivity contribution in [3.05, 3.63) is 34.5 Å². The van der Waals surface area contributed by atoms with Crippen LogP contribution < -0.4 is 16.3 Å². The minimum absolute atomic E-state index is 0.341. The fourth-order valence-electron chi connectivity index (χ4n) is 2.15. The molecule has 1 aromatic rings. The molecule has 0 aromatic carbocycles. The van der Waals surface area contributed by atoms with Crippen LogP contribution >= 0.6 is 0 Å². The lowest BCUT2D eigenvalue weighted by Gasteiger charge is -2.05. The van der Waals surface area contributed by atoms with Crippen molar-refractivity contribution in [3.8, 4) is 0 Å². The number of H-pyrrole nitrogens is 1. The van der Waals surface area contributed by atoms with Crippen molar-refractivity contribution < 1.29 is 9.90 Å². The molecule has 18 heavy (non-hydrogen) atoms. The first-order chi connectivity index (χ1) is 8.58. The zero-order valence-electron chi connectivity index (χ0n) is 10.4. The first-order valence-corrected chi connectivity index (χ1v) is 6.11. The maximum atomic E-state index is 10.8. The fraction of sp³-hybridized carbons (Fsp3) is 0.357. The zero-order chi connectivity index (χ0) is 13.1. The molecule has 4 N–H and O–H groups in total. The van der Waals surface area contributed by atoms with Crippen LogP contribution in [-0.4, -0.2) is 22.1 Å². The molecule has 0 fully saturated rings. The van der Waals surface area contributed by atoms with Gasteiger partial charge in [0.05, 0.1) is 0 Å². The standard InChI is InChI=1S/C14H18N2O2/c1-9-4-2-3-5-13-11(6-9)10(8-16-13)7-12(15)14(17)18/h2,4-6,8-9,12,16H,3,7,15H2,1H3,(H,17,18)/b4-2-,11-6-,13-5+. The summed E-state index contributed by atoms with van der Waals surface area (Å²) in [7, 11) is 0. The van der Waals surface area contributed by atoms with Gasteiger partial charge in [-0.25, -0.2) is 0 Å². The van der Waals surface area contributed by atoms with Gasteiger partial charge in [-0.05, 0) is 23.1 Å². The summed E-state index contributed by atoms with van der Waals surface area (Å²) in [6.07, 6.45) is 11.6. The number of carboxylic acid groups (broad SMARTS) is 1. The predicted octanol–water partition coefficient (Wildman–Crippen LogP) is 0.126. The zero-order valence-corrected chi connectivity index (χ0v) is 10.4. The second-order valence-electron chi connectivity index (χ2n) is 4.68. The summed E-state index contributed by atoms with van der Waals surface area (Å²) in [5.41, 5.74) is 6.56. The van der Waals surface area contributed by atoms with Gasteiger partial charge >= 0.3 is 5.97 Å². The Bertz CT molecular complexity index is 583. The molecule has 0 spiro atoms. The summed E-state index contributed by atoms with van der Waals surface area (Å²) < 4.78 is 0. The summed E-state index contributed by atoms with van der Waals surface area (Å²) >= 11 is 0. The average molecular weight is 246 g/mol. The number of aliphatic carboxylic acids is 1. The Morgan fingerprint density at radius 3 is 3.17 bits per heavy atom. The van der Waals surface area contributed by atoms with Crippen LogP contribution in [0.15, 0.2) is 18.3 Å². The van der Waals surface area contributed by atoms with Gasteiger partial charge in [0.2, 0.25) is 0 Å². The minimum atomic E-state index is -0.965. The lowest BCUT2D eigenvalue weighted by molar-refractivity contribution is -0.138. The van der Waals surface area contributed by atoms with Crippen molar-refractivity contribution in [2.75, 3.05) is 0 Å². The van der Waals surface area contributed by atoms with Crippen LogP contribution in [0, 0.1) is 5.92 Å². The van der Waals surface area contributed by atoms with E-state index in [2.05, 4.69) is 36.2 Å². The number of carbonyl (C=O) groups is 1. The molecule has 0 amide bonds. The van der Waals surface area contributed by atoms with Crippen LogP contribution in [0.2, 0.25) is 0 Å². The Kier molecular flexibility index (Phi) is 3.67. The topological polar surface area (TPSA) is 79.1 Å². The van der Waals surface area contributed by atoms with Crippen molar-refractivity contribution in [2.45, 2.75) is 25.8 Å².